The molecule has 1 aliphatic carbocycles. The number of likely N-dealkylation sites (tertiary alicyclic amines) is 1. The first-order valence-corrected chi connectivity index (χ1v) is 28.2. The topological polar surface area (TPSA) is 152 Å². The smallest absolute Gasteiger partial charge is 0.251 e. The number of hydrogen-bond acceptors (Lipinski definition) is 8. The van der Waals surface area contributed by atoms with Crippen LogP contribution >= 0.6 is 23.2 Å². The Balaban J connectivity index is 0.000000214. The third-order valence-corrected chi connectivity index (χ3v) is 16.4. The molecule has 7 atom stereocenters. The number of amides is 4. The van der Waals surface area contributed by atoms with E-state index >= 15 is 0 Å². The molecule has 0 bridgehead atoms. The number of nitrogens with one attached hydrogen (secondary N) is 4. The molecule has 0 aromatic heterocycles. The number of piperidine rings is 1. The van der Waals surface area contributed by atoms with E-state index in [0.29, 0.717) is 72.2 Å². The van der Waals surface area contributed by atoms with Crippen molar-refractivity contribution in [1.29, 1.82) is 0 Å². The van der Waals surface area contributed by atoms with Crippen LogP contribution in [0.4, 0.5) is 0 Å². The maximum Gasteiger partial charge on any atom is 0.251 e. The Hall–Kier alpha value is -4.56. The second-order valence-corrected chi connectivity index (χ2v) is 22.3. The zero-order valence-electron chi connectivity index (χ0n) is 43.6. The molecule has 0 radical (unpaired) electrons. The minimum Gasteiger partial charge on any atom is -0.350 e. The summed E-state index contributed by atoms with van der Waals surface area (Å²) in [4.78, 5) is 59.6. The zero-order valence-corrected chi connectivity index (χ0v) is 45.2. The molecule has 14 heteroatoms. The quantitative estimate of drug-likeness (QED) is 0.0662. The summed E-state index contributed by atoms with van der Waals surface area (Å²) in [6, 6.07) is 28.7. The predicted molar refractivity (Wildman–Crippen MR) is 297 cm³/mol. The first kappa shape index (κ1) is 56.2. The first-order valence-electron chi connectivity index (χ1n) is 27.4. The molecule has 4 fully saturated rings. The van der Waals surface area contributed by atoms with Gasteiger partial charge in [-0.3, -0.25) is 19.2 Å². The van der Waals surface area contributed by atoms with E-state index in [-0.39, 0.29) is 47.8 Å². The molecule has 4 aromatic rings. The number of hydrogen-bond donors (Lipinski definition) is 5. The highest BCUT2D eigenvalue weighted by molar-refractivity contribution is 6.42. The van der Waals surface area contributed by atoms with Crippen molar-refractivity contribution < 1.29 is 19.2 Å². The SMILES string of the molecule is CC1CC(C)CC(CN2CC[C@@H](CNC(=O)c3ccc(Cl)c(Cl)c3)N[C@@H](CCN3CCCCC3)C2=O)C1.CCC(CN1CC[C@@H](CNC(=O)c2ccc3ccccc3c2)N[C@@H](CCCN)C1=O)c1ccccc1. The van der Waals surface area contributed by atoms with Gasteiger partial charge in [0.05, 0.1) is 22.1 Å². The van der Waals surface area contributed by atoms with E-state index in [9.17, 15) is 19.2 Å². The van der Waals surface area contributed by atoms with Gasteiger partial charge in [-0.15, -0.1) is 0 Å². The maximum absolute atomic E-state index is 13.8. The van der Waals surface area contributed by atoms with Crippen LogP contribution in [0.3, 0.4) is 0 Å². The van der Waals surface area contributed by atoms with Crippen molar-refractivity contribution in [1.82, 2.24) is 36.0 Å². The molecule has 73 heavy (non-hydrogen) atoms. The standard InChI is InChI=1S/C30H38N4O2.C29H44Cl2N4O2/c1-2-22(23-9-4-3-5-10-23)21-34-18-16-27(33-28(30(34)36)13-8-17-31)20-32-29(35)26-15-14-24-11-6-7-12-25(24)19-26;1-20-14-21(2)16-22(15-20)19-35-13-8-24(18-32-28(36)23-6-7-25(30)26(31)17-23)33-27(29(35)37)9-12-34-10-4-3-5-11-34/h3-7,9-12,14-15,19,22,27-28,33H,2,8,13,16-18,20-21,31H2,1H3,(H,32,35);6-7,17,20-22,24,27,33H,3-5,8-16,18-19H2,1-2H3,(H,32,36)/t22?,27-,28-;20?,21?,22?,24-,27-/m00/s1. The summed E-state index contributed by atoms with van der Waals surface area (Å²) in [6.45, 7) is 14.5. The molecule has 3 aliphatic heterocycles. The van der Waals surface area contributed by atoms with E-state index in [2.05, 4.69) is 76.1 Å². The Morgan fingerprint density at radius 3 is 1.92 bits per heavy atom. The first-order chi connectivity index (χ1) is 35.4. The third-order valence-electron chi connectivity index (χ3n) is 15.6. The molecule has 4 aliphatic rings. The van der Waals surface area contributed by atoms with E-state index in [4.69, 9.17) is 28.9 Å². The van der Waals surface area contributed by atoms with Gasteiger partial charge in [0.2, 0.25) is 11.8 Å². The molecule has 8 rings (SSSR count). The van der Waals surface area contributed by atoms with Crippen LogP contribution in [0, 0.1) is 17.8 Å². The third kappa shape index (κ3) is 16.7. The van der Waals surface area contributed by atoms with Crippen LogP contribution in [0.1, 0.15) is 130 Å². The molecule has 12 nitrogen and oxygen atoms in total. The van der Waals surface area contributed by atoms with Gasteiger partial charge in [-0.2, -0.15) is 0 Å². The van der Waals surface area contributed by atoms with Gasteiger partial charge in [0.1, 0.15) is 0 Å². The molecule has 6 N–H and O–H groups in total. The van der Waals surface area contributed by atoms with Gasteiger partial charge >= 0.3 is 0 Å². The van der Waals surface area contributed by atoms with E-state index in [1.54, 1.807) is 18.2 Å². The van der Waals surface area contributed by atoms with Crippen molar-refractivity contribution in [3.8, 4) is 0 Å². The summed E-state index contributed by atoms with van der Waals surface area (Å²) in [6.07, 6.45) is 12.4. The van der Waals surface area contributed by atoms with Crippen molar-refractivity contribution in [3.63, 3.8) is 0 Å². The number of halogens is 2. The fourth-order valence-electron chi connectivity index (χ4n) is 11.7. The normalized spacial score (nSPS) is 24.5. The lowest BCUT2D eigenvalue weighted by Crippen LogP contribution is -2.50. The fraction of sp³-hybridized carbons (Fsp3) is 0.559. The zero-order chi connectivity index (χ0) is 51.7. The molecular formula is C59H82Cl2N8O4. The second-order valence-electron chi connectivity index (χ2n) is 21.5. The van der Waals surface area contributed by atoms with Crippen molar-refractivity contribution >= 4 is 57.6 Å². The Morgan fingerprint density at radius 2 is 1.27 bits per heavy atom. The van der Waals surface area contributed by atoms with E-state index in [1.165, 1.54) is 44.1 Å². The lowest BCUT2D eigenvalue weighted by atomic mass is 9.76. The van der Waals surface area contributed by atoms with Gasteiger partial charge in [0.25, 0.3) is 11.8 Å². The molecule has 396 valence electrons. The van der Waals surface area contributed by atoms with Crippen molar-refractivity contribution in [2.45, 2.75) is 128 Å². The average Bonchev–Trinajstić information content (AvgIpc) is 3.64. The van der Waals surface area contributed by atoms with Gasteiger partial charge in [-0.05, 0) is 155 Å². The largest absolute Gasteiger partial charge is 0.350 e. The second kappa shape index (κ2) is 28.4. The summed E-state index contributed by atoms with van der Waals surface area (Å²) >= 11 is 12.1. The van der Waals surface area contributed by atoms with Crippen molar-refractivity contribution in [2.24, 2.45) is 23.5 Å². The van der Waals surface area contributed by atoms with Crippen LogP contribution in [-0.4, -0.2) is 128 Å². The Kier molecular flexibility index (Phi) is 21.8. The lowest BCUT2D eigenvalue weighted by molar-refractivity contribution is -0.134. The van der Waals surface area contributed by atoms with E-state index in [1.807, 2.05) is 53.4 Å². The Labute approximate surface area is 445 Å². The van der Waals surface area contributed by atoms with Gasteiger partial charge < -0.3 is 41.7 Å². The molecule has 1 saturated carbocycles. The van der Waals surface area contributed by atoms with Crippen LogP contribution in [0.2, 0.25) is 10.0 Å². The Bertz CT molecular complexity index is 2390. The predicted octanol–water partition coefficient (Wildman–Crippen LogP) is 9.29. The number of benzene rings is 4. The lowest BCUT2D eigenvalue weighted by Gasteiger charge is -2.35. The van der Waals surface area contributed by atoms with E-state index < -0.39 is 0 Å². The number of nitrogens with zero attached hydrogens (tertiary/aromatic N) is 3. The highest BCUT2D eigenvalue weighted by atomic mass is 35.5. The van der Waals surface area contributed by atoms with Gasteiger partial charge in [0.15, 0.2) is 0 Å². The van der Waals surface area contributed by atoms with Crippen LogP contribution in [0.15, 0.2) is 91.0 Å². The van der Waals surface area contributed by atoms with Crippen LogP contribution < -0.4 is 27.0 Å². The molecular weight excluding hydrogens is 956 g/mol. The number of fused-ring (bicyclic) bond motifs is 1. The minimum atomic E-state index is -0.285. The summed E-state index contributed by atoms with van der Waals surface area (Å²) in [5.74, 6) is 2.45. The minimum absolute atomic E-state index is 0.0166. The Morgan fingerprint density at radius 1 is 0.685 bits per heavy atom. The van der Waals surface area contributed by atoms with E-state index in [0.717, 1.165) is 87.4 Å². The van der Waals surface area contributed by atoms with Gasteiger partial charge in [0, 0.05) is 74.9 Å². The summed E-state index contributed by atoms with van der Waals surface area (Å²) in [5, 5.41) is 16.3. The number of rotatable bonds is 18. The average molecular weight is 1040 g/mol. The summed E-state index contributed by atoms with van der Waals surface area (Å²) in [7, 11) is 0. The fourth-order valence-corrected chi connectivity index (χ4v) is 12.0. The maximum atomic E-state index is 13.8. The van der Waals surface area contributed by atoms with Crippen molar-refractivity contribution in [3.05, 3.63) is 118 Å². The molecule has 4 aromatic carbocycles. The van der Waals surface area contributed by atoms with Crippen LogP contribution in [-0.2, 0) is 9.59 Å². The highest BCUT2D eigenvalue weighted by Crippen LogP contribution is 2.34. The summed E-state index contributed by atoms with van der Waals surface area (Å²) in [5.41, 5.74) is 8.17. The van der Waals surface area contributed by atoms with Crippen LogP contribution in [0.5, 0.6) is 0 Å². The molecule has 0 spiro atoms. The monoisotopic (exact) mass is 1040 g/mol. The molecule has 3 unspecified atom stereocenters. The van der Waals surface area contributed by atoms with Gasteiger partial charge in [-0.25, -0.2) is 0 Å². The number of carbonyl (C=O) groups excluding carboxylic acids is 4. The number of carbonyl (C=O) groups is 4. The molecule has 3 heterocycles. The van der Waals surface area contributed by atoms with Gasteiger partial charge in [-0.1, -0.05) is 111 Å². The highest BCUT2D eigenvalue weighted by Gasteiger charge is 2.35. The number of nitrogens with two attached hydrogens (primary N) is 1. The molecule has 3 saturated heterocycles. The van der Waals surface area contributed by atoms with Crippen molar-refractivity contribution in [2.75, 3.05) is 65.4 Å². The summed E-state index contributed by atoms with van der Waals surface area (Å²) < 4.78 is 0. The molecule has 4 amide bonds. The van der Waals surface area contributed by atoms with Crippen LogP contribution in [0.25, 0.3) is 10.8 Å².